The molecule has 0 aliphatic rings. The van der Waals surface area contributed by atoms with E-state index in [4.69, 9.17) is 5.11 Å². The van der Waals surface area contributed by atoms with Gasteiger partial charge in [-0.05, 0) is 12.1 Å². The van der Waals surface area contributed by atoms with Crippen molar-refractivity contribution >= 4 is 11.7 Å². The summed E-state index contributed by atoms with van der Waals surface area (Å²) < 4.78 is 3.14. The molecule has 0 aliphatic carbocycles. The highest BCUT2D eigenvalue weighted by Crippen LogP contribution is 2.16. The fraction of sp³-hybridized carbons (Fsp3) is 0.0909. The Labute approximate surface area is 101 Å². The molecule has 0 aromatic carbocycles. The van der Waals surface area contributed by atoms with Gasteiger partial charge in [-0.3, -0.25) is 9.55 Å². The van der Waals surface area contributed by atoms with Crippen molar-refractivity contribution in [1.82, 2.24) is 24.1 Å². The molecule has 3 aromatic rings. The zero-order chi connectivity index (χ0) is 12.7. The Hall–Kier alpha value is -2.70. The van der Waals surface area contributed by atoms with Crippen molar-refractivity contribution < 1.29 is 9.90 Å². The predicted molar refractivity (Wildman–Crippen MR) is 62.1 cm³/mol. The molecule has 3 rings (SSSR count). The summed E-state index contributed by atoms with van der Waals surface area (Å²) in [5, 5.41) is 13.1. The summed E-state index contributed by atoms with van der Waals surface area (Å²) in [6.07, 6.45) is 3.06. The van der Waals surface area contributed by atoms with E-state index in [1.165, 1.54) is 10.7 Å². The van der Waals surface area contributed by atoms with Crippen LogP contribution in [0.15, 0.2) is 30.6 Å². The molecule has 90 valence electrons. The van der Waals surface area contributed by atoms with Crippen LogP contribution >= 0.6 is 0 Å². The second-order valence-corrected chi connectivity index (χ2v) is 3.77. The third kappa shape index (κ3) is 1.45. The highest BCUT2D eigenvalue weighted by molar-refractivity contribution is 5.85. The quantitative estimate of drug-likeness (QED) is 0.720. The minimum absolute atomic E-state index is 0.0272. The van der Waals surface area contributed by atoms with Crippen molar-refractivity contribution in [2.45, 2.75) is 0 Å². The molecule has 0 saturated carbocycles. The molecule has 0 spiro atoms. The average Bonchev–Trinajstić information content (AvgIpc) is 2.91. The molecular formula is C11H9N5O2. The summed E-state index contributed by atoms with van der Waals surface area (Å²) in [4.78, 5) is 19.0. The maximum absolute atomic E-state index is 10.8. The van der Waals surface area contributed by atoms with Crippen LogP contribution in [-0.4, -0.2) is 35.2 Å². The second kappa shape index (κ2) is 3.66. The lowest BCUT2D eigenvalue weighted by Gasteiger charge is -1.98. The SMILES string of the molecule is Cn1c(-c2ccccn2)nn2cc(C(=O)O)nc12. The summed E-state index contributed by atoms with van der Waals surface area (Å²) in [6.45, 7) is 0. The maximum Gasteiger partial charge on any atom is 0.356 e. The number of aromatic nitrogens is 5. The van der Waals surface area contributed by atoms with Crippen LogP contribution in [0.5, 0.6) is 0 Å². The van der Waals surface area contributed by atoms with E-state index < -0.39 is 5.97 Å². The Morgan fingerprint density at radius 1 is 1.39 bits per heavy atom. The third-order valence-corrected chi connectivity index (χ3v) is 2.60. The third-order valence-electron chi connectivity index (χ3n) is 2.60. The van der Waals surface area contributed by atoms with Gasteiger partial charge in [-0.25, -0.2) is 14.3 Å². The number of rotatable bonds is 2. The Balaban J connectivity index is 2.19. The Morgan fingerprint density at radius 3 is 2.83 bits per heavy atom. The highest BCUT2D eigenvalue weighted by Gasteiger charge is 2.16. The summed E-state index contributed by atoms with van der Waals surface area (Å²) in [5.41, 5.74) is 0.683. The van der Waals surface area contributed by atoms with E-state index in [-0.39, 0.29) is 5.69 Å². The number of carbonyl (C=O) groups is 1. The number of fused-ring (bicyclic) bond motifs is 1. The number of pyridine rings is 1. The largest absolute Gasteiger partial charge is 0.476 e. The lowest BCUT2D eigenvalue weighted by atomic mass is 10.3. The molecule has 0 atom stereocenters. The van der Waals surface area contributed by atoms with E-state index in [0.717, 1.165) is 0 Å². The minimum atomic E-state index is -1.07. The second-order valence-electron chi connectivity index (χ2n) is 3.77. The molecule has 7 nitrogen and oxygen atoms in total. The Kier molecular flexibility index (Phi) is 2.12. The molecule has 0 fully saturated rings. The standard InChI is InChI=1S/C11H9N5O2/c1-15-9(7-4-2-3-5-12-7)14-16-6-8(10(17)18)13-11(15)16/h2-6H,1H3,(H,17,18). The van der Waals surface area contributed by atoms with Gasteiger partial charge in [0.2, 0.25) is 5.78 Å². The van der Waals surface area contributed by atoms with Gasteiger partial charge in [0, 0.05) is 13.2 Å². The zero-order valence-electron chi connectivity index (χ0n) is 9.48. The Morgan fingerprint density at radius 2 is 2.22 bits per heavy atom. The molecule has 18 heavy (non-hydrogen) atoms. The van der Waals surface area contributed by atoms with Gasteiger partial charge in [-0.2, -0.15) is 0 Å². The number of nitrogens with zero attached hydrogens (tertiary/aromatic N) is 5. The molecule has 0 amide bonds. The zero-order valence-corrected chi connectivity index (χ0v) is 9.48. The summed E-state index contributed by atoms with van der Waals surface area (Å²) >= 11 is 0. The van der Waals surface area contributed by atoms with Crippen LogP contribution in [-0.2, 0) is 7.05 Å². The van der Waals surface area contributed by atoms with Crippen molar-refractivity contribution in [3.05, 3.63) is 36.3 Å². The summed E-state index contributed by atoms with van der Waals surface area (Å²) in [7, 11) is 1.77. The van der Waals surface area contributed by atoms with Gasteiger partial charge in [0.15, 0.2) is 11.5 Å². The van der Waals surface area contributed by atoms with Crippen LogP contribution in [0.4, 0.5) is 0 Å². The van der Waals surface area contributed by atoms with Gasteiger partial charge >= 0.3 is 5.97 Å². The molecule has 3 heterocycles. The van der Waals surface area contributed by atoms with Gasteiger partial charge in [0.1, 0.15) is 5.69 Å². The number of aryl methyl sites for hydroxylation is 1. The van der Waals surface area contributed by atoms with E-state index in [1.54, 1.807) is 17.8 Å². The minimum Gasteiger partial charge on any atom is -0.476 e. The predicted octanol–water partition coefficient (Wildman–Crippen LogP) is 0.828. The van der Waals surface area contributed by atoms with Gasteiger partial charge in [0.25, 0.3) is 0 Å². The van der Waals surface area contributed by atoms with Gasteiger partial charge in [-0.15, -0.1) is 5.10 Å². The van der Waals surface area contributed by atoms with Crippen LogP contribution in [0.1, 0.15) is 10.5 Å². The molecule has 0 unspecified atom stereocenters. The van der Waals surface area contributed by atoms with Gasteiger partial charge in [0.05, 0.1) is 6.20 Å². The van der Waals surface area contributed by atoms with E-state index >= 15 is 0 Å². The molecule has 0 aliphatic heterocycles. The monoisotopic (exact) mass is 243 g/mol. The number of imidazole rings is 1. The van der Waals surface area contributed by atoms with Crippen LogP contribution in [0.2, 0.25) is 0 Å². The Bertz CT molecular complexity index is 729. The lowest BCUT2D eigenvalue weighted by molar-refractivity contribution is 0.0691. The fourth-order valence-electron chi connectivity index (χ4n) is 1.75. The summed E-state index contributed by atoms with van der Waals surface area (Å²) in [6, 6.07) is 5.52. The lowest BCUT2D eigenvalue weighted by Crippen LogP contribution is -1.99. The highest BCUT2D eigenvalue weighted by atomic mass is 16.4. The molecule has 7 heteroatoms. The van der Waals surface area contributed by atoms with Gasteiger partial charge < -0.3 is 5.11 Å². The number of carboxylic acids is 1. The molecular weight excluding hydrogens is 234 g/mol. The molecule has 3 aromatic heterocycles. The number of hydrogen-bond donors (Lipinski definition) is 1. The van der Waals surface area contributed by atoms with E-state index in [1.807, 2.05) is 18.2 Å². The van der Waals surface area contributed by atoms with Crippen molar-refractivity contribution in [2.24, 2.45) is 7.05 Å². The normalized spacial score (nSPS) is 10.9. The topological polar surface area (TPSA) is 85.3 Å². The number of aromatic carboxylic acids is 1. The molecule has 0 saturated heterocycles. The van der Waals surface area contributed by atoms with Gasteiger partial charge in [-0.1, -0.05) is 6.07 Å². The molecule has 0 radical (unpaired) electrons. The van der Waals surface area contributed by atoms with Crippen LogP contribution < -0.4 is 0 Å². The first-order valence-electron chi connectivity index (χ1n) is 5.23. The fourth-order valence-corrected chi connectivity index (χ4v) is 1.75. The van der Waals surface area contributed by atoms with E-state index in [2.05, 4.69) is 15.1 Å². The first-order valence-corrected chi connectivity index (χ1v) is 5.23. The summed E-state index contributed by atoms with van der Waals surface area (Å²) in [5.74, 6) is 0.0305. The number of carboxylic acid groups (broad SMARTS) is 1. The average molecular weight is 243 g/mol. The first kappa shape index (κ1) is 10.5. The van der Waals surface area contributed by atoms with Crippen molar-refractivity contribution in [3.63, 3.8) is 0 Å². The maximum atomic E-state index is 10.8. The van der Waals surface area contributed by atoms with Crippen molar-refractivity contribution in [1.29, 1.82) is 0 Å². The first-order chi connectivity index (χ1) is 8.66. The van der Waals surface area contributed by atoms with Crippen LogP contribution in [0, 0.1) is 0 Å². The number of hydrogen-bond acceptors (Lipinski definition) is 4. The van der Waals surface area contributed by atoms with E-state index in [0.29, 0.717) is 17.3 Å². The van der Waals surface area contributed by atoms with Crippen LogP contribution in [0.3, 0.4) is 0 Å². The van der Waals surface area contributed by atoms with Crippen LogP contribution in [0.25, 0.3) is 17.3 Å². The van der Waals surface area contributed by atoms with Crippen molar-refractivity contribution in [2.75, 3.05) is 0 Å². The molecule has 0 bridgehead atoms. The smallest absolute Gasteiger partial charge is 0.356 e. The molecule has 1 N–H and O–H groups in total. The van der Waals surface area contributed by atoms with Crippen molar-refractivity contribution in [3.8, 4) is 11.5 Å². The van der Waals surface area contributed by atoms with E-state index in [9.17, 15) is 4.79 Å².